The molecule has 3 rings (SSSR count). The number of rotatable bonds is 2. The molecule has 3 aromatic rings. The predicted octanol–water partition coefficient (Wildman–Crippen LogP) is 2.40. The molecule has 1 heterocycles. The molecule has 0 saturated carbocycles. The van der Waals surface area contributed by atoms with Gasteiger partial charge >= 0.3 is 0 Å². The van der Waals surface area contributed by atoms with Crippen molar-refractivity contribution in [3.8, 4) is 0 Å². The lowest BCUT2D eigenvalue weighted by molar-refractivity contribution is 0.102. The van der Waals surface area contributed by atoms with Crippen LogP contribution < -0.4 is 11.1 Å². The van der Waals surface area contributed by atoms with Crippen molar-refractivity contribution in [2.24, 2.45) is 0 Å². The lowest BCUT2D eigenvalue weighted by atomic mass is 10.2. The number of nitrogens with zero attached hydrogens (tertiary/aromatic N) is 1. The predicted molar refractivity (Wildman–Crippen MR) is 74.9 cm³/mol. The molecule has 0 unspecified atom stereocenters. The van der Waals surface area contributed by atoms with Crippen molar-refractivity contribution in [3.63, 3.8) is 0 Å². The number of para-hydroxylation sites is 3. The number of aromatic amines is 1. The number of fused-ring (bicyclic) bond motifs is 1. The van der Waals surface area contributed by atoms with Crippen LogP contribution in [0.25, 0.3) is 11.0 Å². The van der Waals surface area contributed by atoms with Gasteiger partial charge in [-0.2, -0.15) is 0 Å². The smallest absolute Gasteiger partial charge is 0.260 e. The number of nitrogens with two attached hydrogens (primary N) is 1. The highest BCUT2D eigenvalue weighted by molar-refractivity contribution is 6.07. The van der Waals surface area contributed by atoms with E-state index in [-0.39, 0.29) is 5.91 Å². The normalized spacial score (nSPS) is 10.5. The average molecular weight is 252 g/mol. The van der Waals surface area contributed by atoms with Crippen molar-refractivity contribution in [2.75, 3.05) is 11.1 Å². The summed E-state index contributed by atoms with van der Waals surface area (Å²) in [6.45, 7) is 0. The van der Waals surface area contributed by atoms with Gasteiger partial charge in [-0.05, 0) is 24.3 Å². The third kappa shape index (κ3) is 2.13. The summed E-state index contributed by atoms with van der Waals surface area (Å²) in [4.78, 5) is 19.4. The van der Waals surface area contributed by atoms with Gasteiger partial charge in [0, 0.05) is 5.69 Å². The Hall–Kier alpha value is -2.82. The molecule has 2 aromatic carbocycles. The topological polar surface area (TPSA) is 83.8 Å². The second kappa shape index (κ2) is 4.45. The summed E-state index contributed by atoms with van der Waals surface area (Å²) in [5, 5.41) is 2.70. The number of imidazole rings is 1. The highest BCUT2D eigenvalue weighted by Gasteiger charge is 2.11. The molecule has 0 bridgehead atoms. The van der Waals surface area contributed by atoms with Crippen molar-refractivity contribution in [1.29, 1.82) is 0 Å². The number of H-pyrrole nitrogens is 1. The molecule has 0 saturated heterocycles. The summed E-state index contributed by atoms with van der Waals surface area (Å²) in [7, 11) is 0. The molecule has 94 valence electrons. The fourth-order valence-corrected chi connectivity index (χ4v) is 1.89. The maximum Gasteiger partial charge on any atom is 0.260 e. The molecule has 4 N–H and O–H groups in total. The molecule has 0 fully saturated rings. The number of hydrogen-bond donors (Lipinski definition) is 3. The van der Waals surface area contributed by atoms with E-state index in [1.165, 1.54) is 0 Å². The zero-order valence-electron chi connectivity index (χ0n) is 10.1. The van der Waals surface area contributed by atoms with Gasteiger partial charge < -0.3 is 10.7 Å². The summed E-state index contributed by atoms with van der Waals surface area (Å²) in [6.07, 6.45) is 0. The van der Waals surface area contributed by atoms with Gasteiger partial charge in [-0.15, -0.1) is 0 Å². The zero-order valence-corrected chi connectivity index (χ0v) is 10.1. The first kappa shape index (κ1) is 11.3. The van der Waals surface area contributed by atoms with Gasteiger partial charge in [0.2, 0.25) is 5.95 Å². The summed E-state index contributed by atoms with van der Waals surface area (Å²) in [6, 6.07) is 14.5. The van der Waals surface area contributed by atoms with Gasteiger partial charge in [-0.3, -0.25) is 10.1 Å². The number of nitrogens with one attached hydrogen (secondary N) is 2. The number of nitrogen functional groups attached to an aromatic ring is 1. The van der Waals surface area contributed by atoms with E-state index >= 15 is 0 Å². The molecule has 0 aliphatic heterocycles. The minimum atomic E-state index is -0.280. The summed E-state index contributed by atoms with van der Waals surface area (Å²) in [5.41, 5.74) is 8.31. The molecule has 0 aliphatic rings. The van der Waals surface area contributed by atoms with Crippen molar-refractivity contribution >= 4 is 28.6 Å². The van der Waals surface area contributed by atoms with Crippen LogP contribution in [-0.2, 0) is 0 Å². The van der Waals surface area contributed by atoms with E-state index < -0.39 is 0 Å². The first-order valence-electron chi connectivity index (χ1n) is 5.84. The number of carbonyl (C=O) groups is 1. The molecule has 0 radical (unpaired) electrons. The van der Waals surface area contributed by atoms with E-state index in [9.17, 15) is 4.79 Å². The molecule has 1 aromatic heterocycles. The standard InChI is InChI=1S/C14H12N4O/c15-10-6-2-1-5-9(10)13(19)18-14-16-11-7-3-4-8-12(11)17-14/h1-8H,15H2,(H2,16,17,18,19). The maximum atomic E-state index is 12.1. The minimum Gasteiger partial charge on any atom is -0.398 e. The van der Waals surface area contributed by atoms with Gasteiger partial charge in [-0.1, -0.05) is 24.3 Å². The van der Waals surface area contributed by atoms with E-state index in [4.69, 9.17) is 5.73 Å². The van der Waals surface area contributed by atoms with Crippen LogP contribution in [0.3, 0.4) is 0 Å². The van der Waals surface area contributed by atoms with E-state index in [1.54, 1.807) is 24.3 Å². The molecule has 1 amide bonds. The number of anilines is 2. The quantitative estimate of drug-likeness (QED) is 0.612. The molecule has 5 heteroatoms. The SMILES string of the molecule is Nc1ccccc1C(=O)Nc1nc2ccccc2[nH]1. The Morgan fingerprint density at radius 1 is 1.11 bits per heavy atom. The number of hydrogen-bond acceptors (Lipinski definition) is 3. The highest BCUT2D eigenvalue weighted by atomic mass is 16.1. The van der Waals surface area contributed by atoms with Crippen LogP contribution in [0.2, 0.25) is 0 Å². The second-order valence-electron chi connectivity index (χ2n) is 4.14. The first-order chi connectivity index (χ1) is 9.24. The fourth-order valence-electron chi connectivity index (χ4n) is 1.89. The lowest BCUT2D eigenvalue weighted by Gasteiger charge is -2.04. The van der Waals surface area contributed by atoms with Crippen LogP contribution >= 0.6 is 0 Å². The summed E-state index contributed by atoms with van der Waals surface area (Å²) in [5.74, 6) is 0.131. The van der Waals surface area contributed by atoms with Gasteiger partial charge in [0.15, 0.2) is 0 Å². The van der Waals surface area contributed by atoms with Crippen molar-refractivity contribution in [3.05, 3.63) is 54.1 Å². The van der Waals surface area contributed by atoms with E-state index in [1.807, 2.05) is 24.3 Å². The van der Waals surface area contributed by atoms with Crippen molar-refractivity contribution < 1.29 is 4.79 Å². The molecule has 0 aliphatic carbocycles. The highest BCUT2D eigenvalue weighted by Crippen LogP contribution is 2.16. The molecule has 5 nitrogen and oxygen atoms in total. The van der Waals surface area contributed by atoms with Gasteiger partial charge in [-0.25, -0.2) is 4.98 Å². The number of aromatic nitrogens is 2. The van der Waals surface area contributed by atoms with Crippen LogP contribution in [0.1, 0.15) is 10.4 Å². The zero-order chi connectivity index (χ0) is 13.2. The Labute approximate surface area is 109 Å². The number of benzene rings is 2. The van der Waals surface area contributed by atoms with Gasteiger partial charge in [0.25, 0.3) is 5.91 Å². The second-order valence-corrected chi connectivity index (χ2v) is 4.14. The van der Waals surface area contributed by atoms with Crippen LogP contribution in [0, 0.1) is 0 Å². The molecule has 0 atom stereocenters. The Balaban J connectivity index is 1.89. The molecular weight excluding hydrogens is 240 g/mol. The largest absolute Gasteiger partial charge is 0.398 e. The summed E-state index contributed by atoms with van der Waals surface area (Å²) >= 11 is 0. The number of amides is 1. The van der Waals surface area contributed by atoms with E-state index in [0.717, 1.165) is 11.0 Å². The van der Waals surface area contributed by atoms with Crippen LogP contribution in [-0.4, -0.2) is 15.9 Å². The first-order valence-corrected chi connectivity index (χ1v) is 5.84. The van der Waals surface area contributed by atoms with Crippen LogP contribution in [0.5, 0.6) is 0 Å². The fraction of sp³-hybridized carbons (Fsp3) is 0. The van der Waals surface area contributed by atoms with E-state index in [0.29, 0.717) is 17.2 Å². The molecule has 19 heavy (non-hydrogen) atoms. The Morgan fingerprint density at radius 2 is 1.84 bits per heavy atom. The minimum absolute atomic E-state index is 0.280. The Kier molecular flexibility index (Phi) is 2.64. The summed E-state index contributed by atoms with van der Waals surface area (Å²) < 4.78 is 0. The van der Waals surface area contributed by atoms with Crippen LogP contribution in [0.4, 0.5) is 11.6 Å². The molecular formula is C14H12N4O. The van der Waals surface area contributed by atoms with Crippen molar-refractivity contribution in [1.82, 2.24) is 9.97 Å². The molecule has 0 spiro atoms. The number of carbonyl (C=O) groups excluding carboxylic acids is 1. The Bertz CT molecular complexity index is 715. The average Bonchev–Trinajstić information content (AvgIpc) is 2.81. The maximum absolute atomic E-state index is 12.1. The van der Waals surface area contributed by atoms with Gasteiger partial charge in [0.05, 0.1) is 16.6 Å². The van der Waals surface area contributed by atoms with E-state index in [2.05, 4.69) is 15.3 Å². The lowest BCUT2D eigenvalue weighted by Crippen LogP contribution is -2.14. The van der Waals surface area contributed by atoms with Gasteiger partial charge in [0.1, 0.15) is 0 Å². The van der Waals surface area contributed by atoms with Crippen LogP contribution in [0.15, 0.2) is 48.5 Å². The van der Waals surface area contributed by atoms with Crippen molar-refractivity contribution in [2.45, 2.75) is 0 Å². The Morgan fingerprint density at radius 3 is 2.63 bits per heavy atom. The third-order valence-electron chi connectivity index (χ3n) is 2.83. The monoisotopic (exact) mass is 252 g/mol. The third-order valence-corrected chi connectivity index (χ3v) is 2.83.